The van der Waals surface area contributed by atoms with E-state index >= 15 is 0 Å². The van der Waals surface area contributed by atoms with Gasteiger partial charge in [-0.15, -0.1) is 0 Å². The van der Waals surface area contributed by atoms with Crippen molar-refractivity contribution >= 4 is 5.97 Å². The van der Waals surface area contributed by atoms with Gasteiger partial charge in [-0.2, -0.15) is 0 Å². The van der Waals surface area contributed by atoms with E-state index in [0.717, 1.165) is 0 Å². The number of aliphatic carboxylic acids is 1. The van der Waals surface area contributed by atoms with Gasteiger partial charge in [-0.05, 0) is 12.5 Å². The second-order valence-corrected chi connectivity index (χ2v) is 3.78. The molecule has 0 saturated carbocycles. The van der Waals surface area contributed by atoms with Gasteiger partial charge in [0.1, 0.15) is 5.60 Å². The van der Waals surface area contributed by atoms with Crippen molar-refractivity contribution in [3.63, 3.8) is 0 Å². The Morgan fingerprint density at radius 1 is 1.44 bits per heavy atom. The molecule has 0 heterocycles. The standard InChI is InChI=1S/C12H16O4/c1-9(11(13)14)12(15,8-16-2)10-6-4-3-5-7-10/h3-7,9,15H,8H2,1-2H3,(H,13,14). The quantitative estimate of drug-likeness (QED) is 0.789. The summed E-state index contributed by atoms with van der Waals surface area (Å²) in [4.78, 5) is 11.0. The van der Waals surface area contributed by atoms with Crippen LogP contribution in [0.15, 0.2) is 30.3 Å². The summed E-state index contributed by atoms with van der Waals surface area (Å²) in [6.07, 6.45) is 0. The number of rotatable bonds is 5. The Balaban J connectivity index is 3.11. The van der Waals surface area contributed by atoms with Crippen LogP contribution in [0.25, 0.3) is 0 Å². The molecule has 88 valence electrons. The van der Waals surface area contributed by atoms with Crippen LogP contribution < -0.4 is 0 Å². The number of carboxylic acid groups (broad SMARTS) is 1. The number of methoxy groups -OCH3 is 1. The minimum atomic E-state index is -1.50. The third-order valence-electron chi connectivity index (χ3n) is 2.72. The molecule has 1 rings (SSSR count). The van der Waals surface area contributed by atoms with Crippen molar-refractivity contribution in [1.29, 1.82) is 0 Å². The van der Waals surface area contributed by atoms with Gasteiger partial charge in [-0.3, -0.25) is 4.79 Å². The lowest BCUT2D eigenvalue weighted by atomic mass is 9.83. The second-order valence-electron chi connectivity index (χ2n) is 3.78. The van der Waals surface area contributed by atoms with Crippen LogP contribution in [-0.2, 0) is 15.1 Å². The first-order valence-corrected chi connectivity index (χ1v) is 5.02. The summed E-state index contributed by atoms with van der Waals surface area (Å²) >= 11 is 0. The first-order chi connectivity index (χ1) is 7.52. The van der Waals surface area contributed by atoms with Gasteiger partial charge in [-0.1, -0.05) is 30.3 Å². The fraction of sp³-hybridized carbons (Fsp3) is 0.417. The molecule has 0 saturated heterocycles. The Bertz CT molecular complexity index is 349. The maximum Gasteiger partial charge on any atom is 0.309 e. The van der Waals surface area contributed by atoms with Crippen LogP contribution in [0, 0.1) is 5.92 Å². The van der Waals surface area contributed by atoms with Crippen LogP contribution in [0.2, 0.25) is 0 Å². The Kier molecular flexibility index (Phi) is 4.04. The van der Waals surface area contributed by atoms with E-state index in [9.17, 15) is 9.90 Å². The van der Waals surface area contributed by atoms with Gasteiger partial charge in [0.2, 0.25) is 0 Å². The molecule has 4 nitrogen and oxygen atoms in total. The molecule has 0 fully saturated rings. The number of carboxylic acids is 1. The van der Waals surface area contributed by atoms with E-state index in [4.69, 9.17) is 9.84 Å². The van der Waals surface area contributed by atoms with E-state index in [1.807, 2.05) is 6.07 Å². The average Bonchev–Trinajstić information content (AvgIpc) is 2.29. The van der Waals surface area contributed by atoms with Crippen molar-refractivity contribution in [2.45, 2.75) is 12.5 Å². The minimum absolute atomic E-state index is 0.0511. The Labute approximate surface area is 94.5 Å². The fourth-order valence-electron chi connectivity index (χ4n) is 1.61. The van der Waals surface area contributed by atoms with Gasteiger partial charge in [0, 0.05) is 7.11 Å². The van der Waals surface area contributed by atoms with E-state index < -0.39 is 17.5 Å². The highest BCUT2D eigenvalue weighted by atomic mass is 16.5. The molecule has 1 aromatic rings. The largest absolute Gasteiger partial charge is 0.481 e. The zero-order valence-corrected chi connectivity index (χ0v) is 9.38. The maximum atomic E-state index is 11.0. The highest BCUT2D eigenvalue weighted by Gasteiger charge is 2.40. The molecule has 0 spiro atoms. The fourth-order valence-corrected chi connectivity index (χ4v) is 1.61. The Morgan fingerprint density at radius 3 is 2.44 bits per heavy atom. The van der Waals surface area contributed by atoms with Gasteiger partial charge < -0.3 is 14.9 Å². The predicted octanol–water partition coefficient (Wildman–Crippen LogP) is 1.24. The average molecular weight is 224 g/mol. The summed E-state index contributed by atoms with van der Waals surface area (Å²) in [6, 6.07) is 8.70. The molecule has 0 radical (unpaired) electrons. The van der Waals surface area contributed by atoms with Crippen molar-refractivity contribution in [2.24, 2.45) is 5.92 Å². The van der Waals surface area contributed by atoms with Crippen LogP contribution in [0.3, 0.4) is 0 Å². The van der Waals surface area contributed by atoms with Crippen molar-refractivity contribution in [2.75, 3.05) is 13.7 Å². The van der Waals surface area contributed by atoms with E-state index in [1.54, 1.807) is 24.3 Å². The first kappa shape index (κ1) is 12.7. The van der Waals surface area contributed by atoms with Crippen molar-refractivity contribution in [3.05, 3.63) is 35.9 Å². The zero-order chi connectivity index (χ0) is 12.2. The van der Waals surface area contributed by atoms with Crippen molar-refractivity contribution < 1.29 is 19.7 Å². The SMILES string of the molecule is COCC(O)(c1ccccc1)C(C)C(=O)O. The van der Waals surface area contributed by atoms with E-state index in [1.165, 1.54) is 14.0 Å². The smallest absolute Gasteiger partial charge is 0.309 e. The molecule has 0 bridgehead atoms. The third kappa shape index (κ3) is 2.40. The van der Waals surface area contributed by atoms with Gasteiger partial charge in [0.15, 0.2) is 0 Å². The molecule has 1 aromatic carbocycles. The number of carbonyl (C=O) groups is 1. The predicted molar refractivity (Wildman–Crippen MR) is 59.0 cm³/mol. The number of hydrogen-bond donors (Lipinski definition) is 2. The summed E-state index contributed by atoms with van der Waals surface area (Å²) < 4.78 is 4.92. The lowest BCUT2D eigenvalue weighted by molar-refractivity contribution is -0.156. The second kappa shape index (κ2) is 5.09. The molecule has 0 aliphatic rings. The molecule has 0 aliphatic heterocycles. The van der Waals surface area contributed by atoms with E-state index in [-0.39, 0.29) is 6.61 Å². The van der Waals surface area contributed by atoms with Gasteiger partial charge in [-0.25, -0.2) is 0 Å². The number of ether oxygens (including phenoxy) is 1. The van der Waals surface area contributed by atoms with E-state index in [2.05, 4.69) is 0 Å². The lowest BCUT2D eigenvalue weighted by Crippen LogP contribution is -2.42. The summed E-state index contributed by atoms with van der Waals surface area (Å²) in [5.41, 5.74) is -0.950. The van der Waals surface area contributed by atoms with Crippen molar-refractivity contribution in [1.82, 2.24) is 0 Å². The monoisotopic (exact) mass is 224 g/mol. The van der Waals surface area contributed by atoms with Gasteiger partial charge in [0.25, 0.3) is 0 Å². The summed E-state index contributed by atoms with van der Waals surface area (Å²) in [5, 5.41) is 19.4. The lowest BCUT2D eigenvalue weighted by Gasteiger charge is -2.31. The third-order valence-corrected chi connectivity index (χ3v) is 2.72. The van der Waals surface area contributed by atoms with Crippen LogP contribution in [0.5, 0.6) is 0 Å². The number of aliphatic hydroxyl groups is 1. The highest BCUT2D eigenvalue weighted by molar-refractivity contribution is 5.71. The minimum Gasteiger partial charge on any atom is -0.481 e. The van der Waals surface area contributed by atoms with Crippen LogP contribution in [-0.4, -0.2) is 29.9 Å². The number of benzene rings is 1. The van der Waals surface area contributed by atoms with Gasteiger partial charge in [0.05, 0.1) is 12.5 Å². The summed E-state index contributed by atoms with van der Waals surface area (Å²) in [7, 11) is 1.43. The molecule has 2 N–H and O–H groups in total. The molecule has 2 atom stereocenters. The molecule has 0 aliphatic carbocycles. The molecule has 2 unspecified atom stereocenters. The van der Waals surface area contributed by atoms with Crippen LogP contribution in [0.1, 0.15) is 12.5 Å². The maximum absolute atomic E-state index is 11.0. The molecule has 0 amide bonds. The highest BCUT2D eigenvalue weighted by Crippen LogP contribution is 2.30. The summed E-state index contributed by atoms with van der Waals surface area (Å²) in [5.74, 6) is -1.99. The molecular weight excluding hydrogens is 208 g/mol. The van der Waals surface area contributed by atoms with Crippen molar-refractivity contribution in [3.8, 4) is 0 Å². The Hall–Kier alpha value is -1.39. The Morgan fingerprint density at radius 2 is 2.00 bits per heavy atom. The van der Waals surface area contributed by atoms with Crippen LogP contribution in [0.4, 0.5) is 0 Å². The van der Waals surface area contributed by atoms with Crippen LogP contribution >= 0.6 is 0 Å². The topological polar surface area (TPSA) is 66.8 Å². The first-order valence-electron chi connectivity index (χ1n) is 5.02. The molecule has 4 heteroatoms. The van der Waals surface area contributed by atoms with Gasteiger partial charge >= 0.3 is 5.97 Å². The molecular formula is C12H16O4. The van der Waals surface area contributed by atoms with E-state index in [0.29, 0.717) is 5.56 Å². The normalized spacial score (nSPS) is 16.4. The molecule has 0 aromatic heterocycles. The zero-order valence-electron chi connectivity index (χ0n) is 9.38. The molecule has 16 heavy (non-hydrogen) atoms. The summed E-state index contributed by atoms with van der Waals surface area (Å²) in [6.45, 7) is 1.42. The number of hydrogen-bond acceptors (Lipinski definition) is 3.